The molecule has 0 aliphatic heterocycles. The van der Waals surface area contributed by atoms with Crippen LogP contribution in [0.5, 0.6) is 0 Å². The van der Waals surface area contributed by atoms with E-state index >= 15 is 0 Å². The summed E-state index contributed by atoms with van der Waals surface area (Å²) in [7, 11) is 0. The highest BCUT2D eigenvalue weighted by atomic mass is 16.6. The molecule has 0 rings (SSSR count). The van der Waals surface area contributed by atoms with E-state index in [2.05, 4.69) is 13.8 Å². The Kier molecular flexibility index (Phi) is 42.4. The van der Waals surface area contributed by atoms with Crippen molar-refractivity contribution in [1.29, 1.82) is 0 Å². The van der Waals surface area contributed by atoms with Crippen molar-refractivity contribution in [3.05, 3.63) is 0 Å². The van der Waals surface area contributed by atoms with Crippen LogP contribution in [-0.2, 0) is 19.1 Å². The maximum Gasteiger partial charge on any atom is 0.306 e. The lowest BCUT2D eigenvalue weighted by molar-refractivity contribution is -0.161. The number of ether oxygens (including phenoxy) is 2. The molecule has 1 atom stereocenters. The van der Waals surface area contributed by atoms with Crippen molar-refractivity contribution in [3.8, 4) is 0 Å². The average molecular weight is 723 g/mol. The maximum absolute atomic E-state index is 12.2. The van der Waals surface area contributed by atoms with Crippen LogP contribution in [0.3, 0.4) is 0 Å². The topological polar surface area (TPSA) is 72.8 Å². The molecule has 0 fully saturated rings. The summed E-state index contributed by atoms with van der Waals surface area (Å²) in [6, 6.07) is 0. The normalized spacial score (nSPS) is 12.0. The van der Waals surface area contributed by atoms with Gasteiger partial charge in [-0.05, 0) is 12.8 Å². The monoisotopic (exact) mass is 723 g/mol. The van der Waals surface area contributed by atoms with Crippen LogP contribution in [0.25, 0.3) is 0 Å². The summed E-state index contributed by atoms with van der Waals surface area (Å²) in [6.07, 6.45) is 49.0. The van der Waals surface area contributed by atoms with Crippen LogP contribution in [0.15, 0.2) is 0 Å². The molecule has 0 radical (unpaired) electrons. The molecule has 5 heteroatoms. The van der Waals surface area contributed by atoms with Gasteiger partial charge in [0.05, 0.1) is 6.61 Å². The van der Waals surface area contributed by atoms with Crippen LogP contribution in [-0.4, -0.2) is 36.4 Å². The van der Waals surface area contributed by atoms with E-state index in [0.29, 0.717) is 12.8 Å². The molecule has 1 unspecified atom stereocenters. The first-order valence-corrected chi connectivity index (χ1v) is 23.1. The minimum absolute atomic E-state index is 0.0566. The lowest BCUT2D eigenvalue weighted by atomic mass is 10.0. The van der Waals surface area contributed by atoms with Crippen LogP contribution >= 0.6 is 0 Å². The quantitative estimate of drug-likeness (QED) is 0.0501. The number of aliphatic hydroxyl groups excluding tert-OH is 1. The van der Waals surface area contributed by atoms with Gasteiger partial charge in [0.2, 0.25) is 0 Å². The molecule has 0 spiro atoms. The van der Waals surface area contributed by atoms with E-state index in [1.807, 2.05) is 0 Å². The second-order valence-corrected chi connectivity index (χ2v) is 15.9. The highest BCUT2D eigenvalue weighted by molar-refractivity contribution is 5.70. The minimum Gasteiger partial charge on any atom is -0.462 e. The number of hydrogen-bond acceptors (Lipinski definition) is 5. The number of carbonyl (C=O) groups is 2. The largest absolute Gasteiger partial charge is 0.462 e. The van der Waals surface area contributed by atoms with Crippen LogP contribution in [0.1, 0.15) is 264 Å². The Hall–Kier alpha value is -1.10. The summed E-state index contributed by atoms with van der Waals surface area (Å²) in [6.45, 7) is 4.18. The van der Waals surface area contributed by atoms with Crippen molar-refractivity contribution in [3.63, 3.8) is 0 Å². The number of hydrogen-bond donors (Lipinski definition) is 1. The Balaban J connectivity index is 3.42. The average Bonchev–Trinajstić information content (AvgIpc) is 3.13. The van der Waals surface area contributed by atoms with Gasteiger partial charge in [-0.1, -0.05) is 239 Å². The molecule has 304 valence electrons. The number of unbranched alkanes of at least 4 members (excludes halogenated alkanes) is 35. The third-order valence-corrected chi connectivity index (χ3v) is 10.7. The Bertz CT molecular complexity index is 695. The van der Waals surface area contributed by atoms with E-state index in [0.717, 1.165) is 32.1 Å². The number of esters is 2. The van der Waals surface area contributed by atoms with Gasteiger partial charge in [-0.3, -0.25) is 9.59 Å². The Morgan fingerprint density at radius 3 is 0.863 bits per heavy atom. The summed E-state index contributed by atoms with van der Waals surface area (Å²) in [5, 5.41) is 9.58. The van der Waals surface area contributed by atoms with E-state index in [1.54, 1.807) is 0 Å². The Morgan fingerprint density at radius 2 is 0.608 bits per heavy atom. The molecular weight excluding hydrogens is 633 g/mol. The third kappa shape index (κ3) is 41.5. The summed E-state index contributed by atoms with van der Waals surface area (Å²) < 4.78 is 10.6. The fourth-order valence-electron chi connectivity index (χ4n) is 7.15. The molecular formula is C46H90O5. The van der Waals surface area contributed by atoms with Gasteiger partial charge in [-0.25, -0.2) is 0 Å². The number of aliphatic hydroxyl groups is 1. The Morgan fingerprint density at radius 1 is 0.373 bits per heavy atom. The van der Waals surface area contributed by atoms with Gasteiger partial charge in [0.15, 0.2) is 6.10 Å². The lowest BCUT2D eigenvalue weighted by Crippen LogP contribution is -2.28. The van der Waals surface area contributed by atoms with Crippen LogP contribution in [0.4, 0.5) is 0 Å². The minimum atomic E-state index is -0.762. The molecule has 0 aromatic carbocycles. The highest BCUT2D eigenvalue weighted by Gasteiger charge is 2.16. The van der Waals surface area contributed by atoms with Crippen LogP contribution in [0.2, 0.25) is 0 Å². The van der Waals surface area contributed by atoms with Crippen molar-refractivity contribution in [2.24, 2.45) is 0 Å². The molecule has 0 heterocycles. The molecule has 0 aromatic heterocycles. The van der Waals surface area contributed by atoms with Crippen molar-refractivity contribution < 1.29 is 24.2 Å². The summed E-state index contributed by atoms with van der Waals surface area (Å²) in [5.41, 5.74) is 0. The molecule has 0 bridgehead atoms. The van der Waals surface area contributed by atoms with Gasteiger partial charge in [-0.15, -0.1) is 0 Å². The lowest BCUT2D eigenvalue weighted by Gasteiger charge is -2.15. The van der Waals surface area contributed by atoms with Crippen molar-refractivity contribution in [2.75, 3.05) is 13.2 Å². The first-order valence-electron chi connectivity index (χ1n) is 23.1. The second-order valence-electron chi connectivity index (χ2n) is 15.9. The third-order valence-electron chi connectivity index (χ3n) is 10.7. The van der Waals surface area contributed by atoms with Gasteiger partial charge < -0.3 is 14.6 Å². The predicted molar refractivity (Wildman–Crippen MR) is 219 cm³/mol. The molecule has 0 amide bonds. The molecule has 51 heavy (non-hydrogen) atoms. The highest BCUT2D eigenvalue weighted by Crippen LogP contribution is 2.17. The zero-order chi connectivity index (χ0) is 37.1. The van der Waals surface area contributed by atoms with E-state index in [4.69, 9.17) is 9.47 Å². The molecule has 0 aromatic rings. The number of carbonyl (C=O) groups excluding carboxylic acids is 2. The number of rotatable bonds is 43. The van der Waals surface area contributed by atoms with Gasteiger partial charge in [0.25, 0.3) is 0 Å². The van der Waals surface area contributed by atoms with Crippen LogP contribution < -0.4 is 0 Å². The molecule has 0 aliphatic carbocycles. The van der Waals surface area contributed by atoms with Gasteiger partial charge in [-0.2, -0.15) is 0 Å². The fourth-order valence-corrected chi connectivity index (χ4v) is 7.15. The van der Waals surface area contributed by atoms with Crippen molar-refractivity contribution in [2.45, 2.75) is 270 Å². The standard InChI is InChI=1S/C46H90O5/c1-3-5-7-9-11-13-15-17-18-19-20-21-22-23-24-25-26-27-29-31-33-35-37-39-41-46(49)51-44(42-47)43-50-45(48)40-38-36-34-32-30-28-16-14-12-10-8-6-4-2/h44,47H,3-43H2,1-2H3. The molecule has 5 nitrogen and oxygen atoms in total. The van der Waals surface area contributed by atoms with E-state index < -0.39 is 6.10 Å². The summed E-state index contributed by atoms with van der Waals surface area (Å²) >= 11 is 0. The van der Waals surface area contributed by atoms with Gasteiger partial charge >= 0.3 is 11.9 Å². The zero-order valence-electron chi connectivity index (χ0n) is 34.6. The van der Waals surface area contributed by atoms with Gasteiger partial charge in [0, 0.05) is 12.8 Å². The predicted octanol–water partition coefficient (Wildman–Crippen LogP) is 14.7. The van der Waals surface area contributed by atoms with Gasteiger partial charge in [0.1, 0.15) is 6.61 Å². The van der Waals surface area contributed by atoms with Crippen molar-refractivity contribution in [1.82, 2.24) is 0 Å². The van der Waals surface area contributed by atoms with E-state index in [1.165, 1.54) is 205 Å². The van der Waals surface area contributed by atoms with Crippen LogP contribution in [0, 0.1) is 0 Å². The first kappa shape index (κ1) is 49.9. The summed E-state index contributed by atoms with van der Waals surface area (Å²) in [5.74, 6) is -0.571. The zero-order valence-corrected chi connectivity index (χ0v) is 34.6. The molecule has 0 saturated heterocycles. The molecule has 0 aliphatic rings. The fraction of sp³-hybridized carbons (Fsp3) is 0.957. The first-order chi connectivity index (χ1) is 25.1. The maximum atomic E-state index is 12.2. The Labute approximate surface area is 319 Å². The van der Waals surface area contributed by atoms with Crippen molar-refractivity contribution >= 4 is 11.9 Å². The van der Waals surface area contributed by atoms with E-state index in [-0.39, 0.29) is 25.2 Å². The second kappa shape index (κ2) is 43.3. The van der Waals surface area contributed by atoms with E-state index in [9.17, 15) is 14.7 Å². The smallest absolute Gasteiger partial charge is 0.306 e. The molecule has 1 N–H and O–H groups in total. The SMILES string of the molecule is CCCCCCCCCCCCCCCCCCCCCCCCCCC(=O)OC(CO)COC(=O)CCCCCCCCCCCCCCC. The molecule has 0 saturated carbocycles. The summed E-state index contributed by atoms with van der Waals surface area (Å²) in [4.78, 5) is 24.3.